The van der Waals surface area contributed by atoms with Crippen LogP contribution in [0.25, 0.3) is 11.5 Å². The summed E-state index contributed by atoms with van der Waals surface area (Å²) in [4.78, 5) is 28.8. The van der Waals surface area contributed by atoms with Gasteiger partial charge in [0.1, 0.15) is 18.6 Å². The number of halogens is 1. The highest BCUT2D eigenvalue weighted by Crippen LogP contribution is 2.23. The molecule has 0 atom stereocenters. The van der Waals surface area contributed by atoms with Crippen LogP contribution in [0.5, 0.6) is 0 Å². The zero-order valence-electron chi connectivity index (χ0n) is 12.8. The SMILES string of the molecule is O=C(O)CN(Cc1ccc(F)cc1)C(=O)c1ncoc1-c1ccon1. The number of oxazole rings is 1. The van der Waals surface area contributed by atoms with Crippen molar-refractivity contribution in [3.05, 3.63) is 60.1 Å². The average molecular weight is 345 g/mol. The molecular weight excluding hydrogens is 333 g/mol. The van der Waals surface area contributed by atoms with Crippen LogP contribution in [0, 0.1) is 5.82 Å². The van der Waals surface area contributed by atoms with Gasteiger partial charge < -0.3 is 18.9 Å². The quantitative estimate of drug-likeness (QED) is 0.729. The van der Waals surface area contributed by atoms with Crippen molar-refractivity contribution in [3.8, 4) is 11.5 Å². The van der Waals surface area contributed by atoms with Gasteiger partial charge in [-0.2, -0.15) is 0 Å². The normalized spacial score (nSPS) is 10.6. The van der Waals surface area contributed by atoms with Gasteiger partial charge in [0.05, 0.1) is 0 Å². The Morgan fingerprint density at radius 3 is 2.60 bits per heavy atom. The minimum Gasteiger partial charge on any atom is -0.480 e. The van der Waals surface area contributed by atoms with Gasteiger partial charge in [0.15, 0.2) is 23.5 Å². The lowest BCUT2D eigenvalue weighted by molar-refractivity contribution is -0.137. The van der Waals surface area contributed by atoms with E-state index in [2.05, 4.69) is 10.1 Å². The molecule has 2 heterocycles. The lowest BCUT2D eigenvalue weighted by Crippen LogP contribution is -2.35. The first-order valence-corrected chi connectivity index (χ1v) is 7.14. The summed E-state index contributed by atoms with van der Waals surface area (Å²) in [6, 6.07) is 6.89. The van der Waals surface area contributed by atoms with Gasteiger partial charge in [-0.25, -0.2) is 9.37 Å². The van der Waals surface area contributed by atoms with Crippen molar-refractivity contribution in [2.24, 2.45) is 0 Å². The van der Waals surface area contributed by atoms with Gasteiger partial charge in [0.2, 0.25) is 0 Å². The molecule has 1 amide bonds. The monoisotopic (exact) mass is 345 g/mol. The number of benzene rings is 1. The number of hydrogen-bond acceptors (Lipinski definition) is 6. The van der Waals surface area contributed by atoms with E-state index in [9.17, 15) is 14.0 Å². The molecule has 1 N–H and O–H groups in total. The topological polar surface area (TPSA) is 110 Å². The molecule has 1 aromatic carbocycles. The number of nitrogens with zero attached hydrogens (tertiary/aromatic N) is 3. The average Bonchev–Trinajstić information content (AvgIpc) is 3.26. The molecule has 0 aliphatic carbocycles. The molecule has 3 rings (SSSR count). The van der Waals surface area contributed by atoms with Gasteiger partial charge in [-0.1, -0.05) is 17.3 Å². The van der Waals surface area contributed by atoms with Gasteiger partial charge in [-0.05, 0) is 17.7 Å². The summed E-state index contributed by atoms with van der Waals surface area (Å²) in [6.07, 6.45) is 2.37. The van der Waals surface area contributed by atoms with Gasteiger partial charge in [-0.3, -0.25) is 9.59 Å². The lowest BCUT2D eigenvalue weighted by atomic mass is 10.2. The molecular formula is C16H12FN3O5. The van der Waals surface area contributed by atoms with E-state index in [0.717, 1.165) is 11.3 Å². The molecule has 0 saturated carbocycles. The first-order chi connectivity index (χ1) is 12.0. The summed E-state index contributed by atoms with van der Waals surface area (Å²) in [5, 5.41) is 12.8. The standard InChI is InChI=1S/C16H12FN3O5/c17-11-3-1-10(2-4-11)7-20(8-13(21)22)16(23)14-15(24-9-18-14)12-5-6-25-19-12/h1-6,9H,7-8H2,(H,21,22). The Morgan fingerprint density at radius 1 is 1.20 bits per heavy atom. The maximum absolute atomic E-state index is 13.0. The van der Waals surface area contributed by atoms with E-state index in [1.54, 1.807) is 0 Å². The smallest absolute Gasteiger partial charge is 0.323 e. The number of hydrogen-bond donors (Lipinski definition) is 1. The largest absolute Gasteiger partial charge is 0.480 e. The summed E-state index contributed by atoms with van der Waals surface area (Å²) in [5.41, 5.74) is 0.748. The van der Waals surface area contributed by atoms with Crippen LogP contribution < -0.4 is 0 Å². The van der Waals surface area contributed by atoms with Crippen molar-refractivity contribution in [1.29, 1.82) is 0 Å². The second kappa shape index (κ2) is 6.95. The van der Waals surface area contributed by atoms with Gasteiger partial charge in [0.25, 0.3) is 5.91 Å². The minimum atomic E-state index is -1.19. The highest BCUT2D eigenvalue weighted by Gasteiger charge is 2.26. The molecule has 128 valence electrons. The fourth-order valence-corrected chi connectivity index (χ4v) is 2.23. The lowest BCUT2D eigenvalue weighted by Gasteiger charge is -2.20. The number of carboxylic acids is 1. The van der Waals surface area contributed by atoms with Crippen LogP contribution in [0.2, 0.25) is 0 Å². The molecule has 0 spiro atoms. The molecule has 0 saturated heterocycles. The van der Waals surface area contributed by atoms with Crippen molar-refractivity contribution in [1.82, 2.24) is 15.0 Å². The number of rotatable bonds is 6. The van der Waals surface area contributed by atoms with Crippen molar-refractivity contribution in [2.45, 2.75) is 6.54 Å². The third kappa shape index (κ3) is 3.71. The maximum atomic E-state index is 13.0. The van der Waals surface area contributed by atoms with E-state index in [4.69, 9.17) is 14.0 Å². The summed E-state index contributed by atoms with van der Waals surface area (Å²) in [6.45, 7) is -0.585. The van der Waals surface area contributed by atoms with E-state index < -0.39 is 24.2 Å². The van der Waals surface area contributed by atoms with Gasteiger partial charge in [0, 0.05) is 12.6 Å². The Morgan fingerprint density at radius 2 is 1.96 bits per heavy atom. The second-order valence-corrected chi connectivity index (χ2v) is 5.10. The predicted octanol–water partition coefficient (Wildman–Crippen LogP) is 2.20. The first kappa shape index (κ1) is 16.4. The first-order valence-electron chi connectivity index (χ1n) is 7.14. The molecule has 25 heavy (non-hydrogen) atoms. The number of aliphatic carboxylic acids is 1. The van der Waals surface area contributed by atoms with Crippen LogP contribution in [-0.2, 0) is 11.3 Å². The van der Waals surface area contributed by atoms with Crippen LogP contribution in [0.3, 0.4) is 0 Å². The molecule has 0 aliphatic rings. The molecule has 0 radical (unpaired) electrons. The molecule has 2 aromatic heterocycles. The molecule has 3 aromatic rings. The van der Waals surface area contributed by atoms with Gasteiger partial charge >= 0.3 is 5.97 Å². The van der Waals surface area contributed by atoms with Crippen molar-refractivity contribution in [2.75, 3.05) is 6.54 Å². The minimum absolute atomic E-state index is 0.0312. The molecule has 0 aliphatic heterocycles. The molecule has 8 nitrogen and oxygen atoms in total. The van der Waals surface area contributed by atoms with Crippen LogP contribution in [0.15, 0.2) is 51.9 Å². The fraction of sp³-hybridized carbons (Fsp3) is 0.125. The highest BCUT2D eigenvalue weighted by molar-refractivity contribution is 5.98. The summed E-state index contributed by atoms with van der Waals surface area (Å²) in [5.74, 6) is -2.20. The van der Waals surface area contributed by atoms with Crippen LogP contribution >= 0.6 is 0 Å². The van der Waals surface area contributed by atoms with E-state index in [1.807, 2.05) is 0 Å². The Bertz CT molecular complexity index is 874. The third-order valence-corrected chi connectivity index (χ3v) is 3.34. The molecule has 0 fully saturated rings. The van der Waals surface area contributed by atoms with Crippen LogP contribution in [-0.4, -0.2) is 38.6 Å². The third-order valence-electron chi connectivity index (χ3n) is 3.34. The Labute approximate surface area is 140 Å². The molecule has 0 unspecified atom stereocenters. The van der Waals surface area contributed by atoms with E-state index in [1.165, 1.54) is 36.6 Å². The Hall–Kier alpha value is -3.49. The Kier molecular flexibility index (Phi) is 4.55. The van der Waals surface area contributed by atoms with E-state index >= 15 is 0 Å². The van der Waals surface area contributed by atoms with Crippen molar-refractivity contribution < 1.29 is 28.0 Å². The summed E-state index contributed by atoms with van der Waals surface area (Å²) < 4.78 is 22.9. The van der Waals surface area contributed by atoms with E-state index in [-0.39, 0.29) is 23.7 Å². The zero-order chi connectivity index (χ0) is 17.8. The van der Waals surface area contributed by atoms with Crippen LogP contribution in [0.1, 0.15) is 16.1 Å². The number of amides is 1. The second-order valence-electron chi connectivity index (χ2n) is 5.10. The molecule has 0 bridgehead atoms. The van der Waals surface area contributed by atoms with Crippen molar-refractivity contribution >= 4 is 11.9 Å². The summed E-state index contributed by atoms with van der Waals surface area (Å²) >= 11 is 0. The molecule has 9 heteroatoms. The fourth-order valence-electron chi connectivity index (χ4n) is 2.23. The number of carboxylic acid groups (broad SMARTS) is 1. The van der Waals surface area contributed by atoms with Gasteiger partial charge in [-0.15, -0.1) is 0 Å². The number of carbonyl (C=O) groups is 2. The van der Waals surface area contributed by atoms with E-state index in [0.29, 0.717) is 5.56 Å². The predicted molar refractivity (Wildman–Crippen MR) is 80.8 cm³/mol. The van der Waals surface area contributed by atoms with Crippen molar-refractivity contribution in [3.63, 3.8) is 0 Å². The Balaban J connectivity index is 1.88. The number of aromatic nitrogens is 2. The summed E-state index contributed by atoms with van der Waals surface area (Å²) in [7, 11) is 0. The number of carbonyl (C=O) groups excluding carboxylic acids is 1. The zero-order valence-corrected chi connectivity index (χ0v) is 12.8. The highest BCUT2D eigenvalue weighted by atomic mass is 19.1. The maximum Gasteiger partial charge on any atom is 0.323 e. The van der Waals surface area contributed by atoms with Crippen LogP contribution in [0.4, 0.5) is 4.39 Å².